The predicted molar refractivity (Wildman–Crippen MR) is 89.9 cm³/mol. The van der Waals surface area contributed by atoms with Gasteiger partial charge in [0.1, 0.15) is 24.1 Å². The van der Waals surface area contributed by atoms with Crippen LogP contribution in [-0.4, -0.2) is 53.2 Å². The Morgan fingerprint density at radius 1 is 1.00 bits per heavy atom. The number of ether oxygens (including phenoxy) is 3. The number of hydrogen-bond donors (Lipinski definition) is 0. The van der Waals surface area contributed by atoms with Gasteiger partial charge in [0.25, 0.3) is 0 Å². The van der Waals surface area contributed by atoms with Crippen molar-refractivity contribution >= 4 is 24.4 Å². The van der Waals surface area contributed by atoms with Crippen LogP contribution in [0.25, 0.3) is 0 Å². The molecule has 0 spiro atoms. The molecule has 0 aromatic rings. The lowest BCUT2D eigenvalue weighted by molar-refractivity contribution is -0.149. The molecule has 142 valence electrons. The number of carbonyl (C=O) groups is 4. The highest BCUT2D eigenvalue weighted by Gasteiger charge is 2.40. The van der Waals surface area contributed by atoms with Crippen molar-refractivity contribution in [1.82, 2.24) is 4.90 Å². The summed E-state index contributed by atoms with van der Waals surface area (Å²) >= 11 is 0. The van der Waals surface area contributed by atoms with E-state index < -0.39 is 41.8 Å². The highest BCUT2D eigenvalue weighted by Crippen LogP contribution is 2.18. The van der Waals surface area contributed by atoms with Crippen molar-refractivity contribution in [3.63, 3.8) is 0 Å². The van der Waals surface area contributed by atoms with Gasteiger partial charge in [-0.1, -0.05) is 12.7 Å². The lowest BCUT2D eigenvalue weighted by Crippen LogP contribution is -2.52. The minimum absolute atomic E-state index is 0.134. The molecule has 0 rings (SSSR count). The summed E-state index contributed by atoms with van der Waals surface area (Å²) in [5.74, 6) is -0.941. The van der Waals surface area contributed by atoms with Crippen molar-refractivity contribution in [1.29, 1.82) is 0 Å². The Kier molecular flexibility index (Phi) is 8.32. The van der Waals surface area contributed by atoms with E-state index in [9.17, 15) is 19.2 Å². The smallest absolute Gasteiger partial charge is 0.420 e. The van der Waals surface area contributed by atoms with Crippen LogP contribution in [0.15, 0.2) is 12.7 Å². The van der Waals surface area contributed by atoms with E-state index in [1.165, 1.54) is 6.08 Å². The van der Waals surface area contributed by atoms with Crippen LogP contribution < -0.4 is 0 Å². The Morgan fingerprint density at radius 3 is 1.76 bits per heavy atom. The normalized spacial score (nSPS) is 12.6. The van der Waals surface area contributed by atoms with Gasteiger partial charge in [0.2, 0.25) is 0 Å². The van der Waals surface area contributed by atoms with Crippen LogP contribution in [0, 0.1) is 0 Å². The van der Waals surface area contributed by atoms with Crippen molar-refractivity contribution in [3.8, 4) is 0 Å². The molecule has 0 saturated carbocycles. The zero-order chi connectivity index (χ0) is 19.8. The molecule has 2 amide bonds. The molecule has 1 atom stereocenters. The van der Waals surface area contributed by atoms with Crippen LogP contribution in [0.3, 0.4) is 0 Å². The molecule has 0 saturated heterocycles. The Hall–Kier alpha value is -2.38. The fourth-order valence-electron chi connectivity index (χ4n) is 1.59. The third-order valence-electron chi connectivity index (χ3n) is 2.43. The lowest BCUT2D eigenvalue weighted by Gasteiger charge is -2.31. The number of aldehydes is 1. The van der Waals surface area contributed by atoms with Gasteiger partial charge in [-0.15, -0.1) is 0 Å². The maximum absolute atomic E-state index is 12.4. The topological polar surface area (TPSA) is 99.2 Å². The van der Waals surface area contributed by atoms with E-state index in [1.54, 1.807) is 41.5 Å². The molecule has 25 heavy (non-hydrogen) atoms. The maximum Gasteiger partial charge on any atom is 0.420 e. The number of nitrogens with zero attached hydrogens (tertiary/aromatic N) is 1. The van der Waals surface area contributed by atoms with Crippen molar-refractivity contribution in [2.24, 2.45) is 0 Å². The van der Waals surface area contributed by atoms with Crippen LogP contribution in [0.4, 0.5) is 9.59 Å². The van der Waals surface area contributed by atoms with Gasteiger partial charge in [-0.05, 0) is 41.5 Å². The summed E-state index contributed by atoms with van der Waals surface area (Å²) in [5, 5.41) is 0. The number of hydrogen-bond acceptors (Lipinski definition) is 7. The van der Waals surface area contributed by atoms with Gasteiger partial charge < -0.3 is 19.0 Å². The highest BCUT2D eigenvalue weighted by atomic mass is 16.6. The van der Waals surface area contributed by atoms with Crippen molar-refractivity contribution < 1.29 is 33.4 Å². The standard InChI is InChI=1S/C17H27NO7/c1-8-11-23-13(20)12(9-10-19)18(14(21)24-16(2,3)4)15(22)25-17(5,6)7/h8,10,12H,1,9,11H2,2-7H3/t12-/m0/s1. The summed E-state index contributed by atoms with van der Waals surface area (Å²) in [7, 11) is 0. The molecule has 0 aromatic heterocycles. The van der Waals surface area contributed by atoms with Gasteiger partial charge in [0.15, 0.2) is 6.04 Å². The molecular formula is C17H27NO7. The van der Waals surface area contributed by atoms with E-state index in [-0.39, 0.29) is 6.61 Å². The molecule has 0 aliphatic rings. The van der Waals surface area contributed by atoms with Gasteiger partial charge in [-0.25, -0.2) is 14.4 Å². The van der Waals surface area contributed by atoms with E-state index >= 15 is 0 Å². The van der Waals surface area contributed by atoms with E-state index in [0.29, 0.717) is 11.2 Å². The van der Waals surface area contributed by atoms with E-state index in [1.807, 2.05) is 0 Å². The van der Waals surface area contributed by atoms with E-state index in [2.05, 4.69) is 6.58 Å². The summed E-state index contributed by atoms with van der Waals surface area (Å²) in [6.07, 6.45) is -0.940. The first-order valence-electron chi connectivity index (χ1n) is 7.78. The molecule has 0 bridgehead atoms. The van der Waals surface area contributed by atoms with E-state index in [0.717, 1.165) is 0 Å². The fraction of sp³-hybridized carbons (Fsp3) is 0.647. The zero-order valence-electron chi connectivity index (χ0n) is 15.7. The third-order valence-corrected chi connectivity index (χ3v) is 2.43. The number of imide groups is 1. The fourth-order valence-corrected chi connectivity index (χ4v) is 1.59. The Labute approximate surface area is 148 Å². The Morgan fingerprint density at radius 2 is 1.44 bits per heavy atom. The first-order chi connectivity index (χ1) is 11.3. The van der Waals surface area contributed by atoms with Gasteiger partial charge in [-0.3, -0.25) is 0 Å². The quantitative estimate of drug-likeness (QED) is 0.312. The average molecular weight is 357 g/mol. The van der Waals surface area contributed by atoms with Crippen molar-refractivity contribution in [2.45, 2.75) is 65.2 Å². The number of rotatable bonds is 6. The van der Waals surface area contributed by atoms with Crippen LogP contribution in [0.5, 0.6) is 0 Å². The second-order valence-electron chi connectivity index (χ2n) is 7.17. The lowest BCUT2D eigenvalue weighted by atomic mass is 10.2. The molecule has 0 unspecified atom stereocenters. The van der Waals surface area contributed by atoms with Crippen LogP contribution in [-0.2, 0) is 23.8 Å². The van der Waals surface area contributed by atoms with Gasteiger partial charge >= 0.3 is 18.2 Å². The molecule has 0 fully saturated rings. The number of amides is 2. The SMILES string of the molecule is C=CCOC(=O)[C@H](CC=O)N(C(=O)OC(C)(C)C)C(=O)OC(C)(C)C. The maximum atomic E-state index is 12.4. The first-order valence-corrected chi connectivity index (χ1v) is 7.78. The molecule has 0 radical (unpaired) electrons. The van der Waals surface area contributed by atoms with Crippen molar-refractivity contribution in [3.05, 3.63) is 12.7 Å². The largest absolute Gasteiger partial charge is 0.460 e. The second-order valence-corrected chi connectivity index (χ2v) is 7.17. The summed E-state index contributed by atoms with van der Waals surface area (Å²) in [6.45, 7) is 12.9. The molecule has 8 heteroatoms. The summed E-state index contributed by atoms with van der Waals surface area (Å²) < 4.78 is 15.2. The second kappa shape index (κ2) is 9.19. The van der Waals surface area contributed by atoms with Gasteiger partial charge in [0, 0.05) is 6.42 Å². The zero-order valence-corrected chi connectivity index (χ0v) is 15.7. The molecular weight excluding hydrogens is 330 g/mol. The minimum Gasteiger partial charge on any atom is -0.460 e. The summed E-state index contributed by atoms with van der Waals surface area (Å²) in [5.41, 5.74) is -1.85. The summed E-state index contributed by atoms with van der Waals surface area (Å²) in [6, 6.07) is -1.50. The third kappa shape index (κ3) is 8.88. The number of esters is 1. The minimum atomic E-state index is -1.50. The first kappa shape index (κ1) is 22.6. The molecule has 8 nitrogen and oxygen atoms in total. The molecule has 0 aromatic carbocycles. The average Bonchev–Trinajstić information content (AvgIpc) is 2.40. The summed E-state index contributed by atoms with van der Waals surface area (Å²) in [4.78, 5) is 48.5. The van der Waals surface area contributed by atoms with Gasteiger partial charge in [-0.2, -0.15) is 4.90 Å². The predicted octanol–water partition coefficient (Wildman–Crippen LogP) is 2.85. The molecule has 0 heterocycles. The Bertz CT molecular complexity index is 486. The molecule has 0 N–H and O–H groups in total. The van der Waals surface area contributed by atoms with Crippen molar-refractivity contribution in [2.75, 3.05) is 6.61 Å². The van der Waals surface area contributed by atoms with Gasteiger partial charge in [0.05, 0.1) is 0 Å². The number of carbonyl (C=O) groups excluding carboxylic acids is 4. The highest BCUT2D eigenvalue weighted by molar-refractivity contribution is 5.95. The van der Waals surface area contributed by atoms with E-state index in [4.69, 9.17) is 14.2 Å². The van der Waals surface area contributed by atoms with Crippen LogP contribution in [0.2, 0.25) is 0 Å². The molecule has 0 aliphatic heterocycles. The molecule has 0 aliphatic carbocycles. The van der Waals surface area contributed by atoms with Crippen LogP contribution >= 0.6 is 0 Å². The monoisotopic (exact) mass is 357 g/mol. The van der Waals surface area contributed by atoms with Crippen LogP contribution in [0.1, 0.15) is 48.0 Å². The Balaban J connectivity index is 5.73.